The zero-order chi connectivity index (χ0) is 9.26. The standard InChI is InChI=1S/C10H12N2S/c1-7-8(4-5-10(13)12-7)9-3-2-6-11-9/h4-5H,2-3,6H2,1H3,(H,12,13). The Morgan fingerprint density at radius 2 is 2.31 bits per heavy atom. The second-order valence-electron chi connectivity index (χ2n) is 3.29. The Kier molecular flexibility index (Phi) is 2.27. The molecular formula is C10H12N2S. The van der Waals surface area contributed by atoms with E-state index >= 15 is 0 Å². The topological polar surface area (TPSA) is 28.1 Å². The number of pyridine rings is 1. The van der Waals surface area contributed by atoms with Crippen LogP contribution in [0.5, 0.6) is 0 Å². The zero-order valence-corrected chi connectivity index (χ0v) is 8.45. The Balaban J connectivity index is 2.46. The Hall–Kier alpha value is -0.960. The van der Waals surface area contributed by atoms with Gasteiger partial charge in [-0.05, 0) is 31.9 Å². The second-order valence-corrected chi connectivity index (χ2v) is 3.73. The van der Waals surface area contributed by atoms with Crippen LogP contribution in [0.1, 0.15) is 24.1 Å². The average molecular weight is 192 g/mol. The van der Waals surface area contributed by atoms with E-state index in [1.807, 2.05) is 13.0 Å². The van der Waals surface area contributed by atoms with E-state index in [2.05, 4.69) is 16.0 Å². The van der Waals surface area contributed by atoms with E-state index in [4.69, 9.17) is 12.2 Å². The third-order valence-electron chi connectivity index (χ3n) is 2.30. The van der Waals surface area contributed by atoms with Crippen LogP contribution in [-0.4, -0.2) is 17.2 Å². The van der Waals surface area contributed by atoms with Crippen LogP contribution < -0.4 is 0 Å². The van der Waals surface area contributed by atoms with Crippen molar-refractivity contribution in [2.45, 2.75) is 19.8 Å². The molecule has 0 atom stereocenters. The quantitative estimate of drug-likeness (QED) is 0.681. The summed E-state index contributed by atoms with van der Waals surface area (Å²) >= 11 is 5.04. The number of rotatable bonds is 1. The summed E-state index contributed by atoms with van der Waals surface area (Å²) in [5.41, 5.74) is 3.59. The molecule has 0 radical (unpaired) electrons. The van der Waals surface area contributed by atoms with Gasteiger partial charge in [0.15, 0.2) is 0 Å². The van der Waals surface area contributed by atoms with Gasteiger partial charge in [-0.25, -0.2) is 0 Å². The monoisotopic (exact) mass is 192 g/mol. The number of hydrogen-bond donors (Lipinski definition) is 1. The maximum Gasteiger partial charge on any atom is 0.103 e. The van der Waals surface area contributed by atoms with E-state index in [1.165, 1.54) is 17.7 Å². The molecule has 1 aromatic heterocycles. The number of aromatic amines is 1. The number of aryl methyl sites for hydroxylation is 1. The maximum absolute atomic E-state index is 5.04. The summed E-state index contributed by atoms with van der Waals surface area (Å²) in [6, 6.07) is 4.00. The molecule has 2 rings (SSSR count). The van der Waals surface area contributed by atoms with Gasteiger partial charge in [-0.15, -0.1) is 0 Å². The lowest BCUT2D eigenvalue weighted by molar-refractivity contribution is 0.951. The van der Waals surface area contributed by atoms with Crippen LogP contribution in [0.25, 0.3) is 0 Å². The summed E-state index contributed by atoms with van der Waals surface area (Å²) in [5, 5.41) is 0. The first-order valence-corrected chi connectivity index (χ1v) is 4.92. The van der Waals surface area contributed by atoms with Crippen LogP contribution in [0.4, 0.5) is 0 Å². The lowest BCUT2D eigenvalue weighted by Crippen LogP contribution is -2.00. The van der Waals surface area contributed by atoms with Crippen LogP contribution in [0.15, 0.2) is 17.1 Å². The number of hydrogen-bond acceptors (Lipinski definition) is 2. The molecule has 0 amide bonds. The number of aliphatic imine (C=N–C) groups is 1. The lowest BCUT2D eigenvalue weighted by Gasteiger charge is -2.04. The largest absolute Gasteiger partial charge is 0.350 e. The van der Waals surface area contributed by atoms with Crippen molar-refractivity contribution >= 4 is 17.9 Å². The molecule has 68 valence electrons. The fraction of sp³-hybridized carbons (Fsp3) is 0.400. The molecule has 1 aromatic rings. The molecule has 2 heterocycles. The molecule has 0 saturated heterocycles. The summed E-state index contributed by atoms with van der Waals surface area (Å²) < 4.78 is 0.792. The fourth-order valence-corrected chi connectivity index (χ4v) is 1.87. The fourth-order valence-electron chi connectivity index (χ4n) is 1.65. The Labute approximate surface area is 82.7 Å². The van der Waals surface area contributed by atoms with Gasteiger partial charge in [0, 0.05) is 23.5 Å². The summed E-state index contributed by atoms with van der Waals surface area (Å²) in [6.45, 7) is 3.02. The van der Waals surface area contributed by atoms with Crippen molar-refractivity contribution in [3.63, 3.8) is 0 Å². The molecule has 0 fully saturated rings. The minimum Gasteiger partial charge on any atom is -0.350 e. The molecule has 0 unspecified atom stereocenters. The van der Waals surface area contributed by atoms with Gasteiger partial charge in [-0.1, -0.05) is 12.2 Å². The molecular weight excluding hydrogens is 180 g/mol. The third-order valence-corrected chi connectivity index (χ3v) is 2.54. The van der Waals surface area contributed by atoms with Crippen molar-refractivity contribution in [3.05, 3.63) is 28.0 Å². The molecule has 13 heavy (non-hydrogen) atoms. The maximum atomic E-state index is 5.04. The van der Waals surface area contributed by atoms with Crippen molar-refractivity contribution in [2.75, 3.05) is 6.54 Å². The van der Waals surface area contributed by atoms with E-state index in [0.717, 1.165) is 23.3 Å². The van der Waals surface area contributed by atoms with E-state index in [9.17, 15) is 0 Å². The van der Waals surface area contributed by atoms with E-state index in [1.54, 1.807) is 0 Å². The first-order valence-electron chi connectivity index (χ1n) is 4.51. The van der Waals surface area contributed by atoms with E-state index in [0.29, 0.717) is 0 Å². The second kappa shape index (κ2) is 3.42. The highest BCUT2D eigenvalue weighted by Crippen LogP contribution is 2.14. The van der Waals surface area contributed by atoms with Crippen molar-refractivity contribution in [2.24, 2.45) is 4.99 Å². The van der Waals surface area contributed by atoms with Gasteiger partial charge >= 0.3 is 0 Å². The highest BCUT2D eigenvalue weighted by molar-refractivity contribution is 7.71. The Morgan fingerprint density at radius 1 is 1.46 bits per heavy atom. The van der Waals surface area contributed by atoms with Gasteiger partial charge in [0.05, 0.1) is 0 Å². The SMILES string of the molecule is Cc1[nH]c(=S)ccc1C1=NCCC1. The van der Waals surface area contributed by atoms with Gasteiger partial charge in [-0.2, -0.15) is 0 Å². The smallest absolute Gasteiger partial charge is 0.103 e. The predicted molar refractivity (Wildman–Crippen MR) is 57.0 cm³/mol. The molecule has 1 aliphatic heterocycles. The summed E-state index contributed by atoms with van der Waals surface area (Å²) in [5.74, 6) is 0. The number of nitrogens with one attached hydrogen (secondary N) is 1. The van der Waals surface area contributed by atoms with Crippen molar-refractivity contribution in [1.29, 1.82) is 0 Å². The first kappa shape index (κ1) is 8.63. The minimum absolute atomic E-state index is 0.792. The molecule has 0 spiro atoms. The van der Waals surface area contributed by atoms with Gasteiger partial charge in [0.25, 0.3) is 0 Å². The molecule has 1 N–H and O–H groups in total. The van der Waals surface area contributed by atoms with Gasteiger partial charge < -0.3 is 4.98 Å². The molecule has 1 aliphatic rings. The molecule has 0 aliphatic carbocycles. The van der Waals surface area contributed by atoms with Crippen LogP contribution in [0.3, 0.4) is 0 Å². The van der Waals surface area contributed by atoms with E-state index in [-0.39, 0.29) is 0 Å². The average Bonchev–Trinajstić information content (AvgIpc) is 2.56. The van der Waals surface area contributed by atoms with Gasteiger partial charge in [-0.3, -0.25) is 4.99 Å². The number of H-pyrrole nitrogens is 1. The molecule has 3 heteroatoms. The summed E-state index contributed by atoms with van der Waals surface area (Å²) in [4.78, 5) is 7.61. The first-order chi connectivity index (χ1) is 6.27. The Bertz CT molecular complexity index is 404. The normalized spacial score (nSPS) is 15.9. The number of aromatic nitrogens is 1. The molecule has 0 bridgehead atoms. The van der Waals surface area contributed by atoms with Crippen LogP contribution >= 0.6 is 12.2 Å². The Morgan fingerprint density at radius 3 is 2.92 bits per heavy atom. The van der Waals surface area contributed by atoms with Crippen molar-refractivity contribution in [3.8, 4) is 0 Å². The highest BCUT2D eigenvalue weighted by Gasteiger charge is 2.10. The molecule has 0 aromatic carbocycles. The number of nitrogens with zero attached hydrogens (tertiary/aromatic N) is 1. The van der Waals surface area contributed by atoms with Crippen LogP contribution in [0, 0.1) is 11.6 Å². The lowest BCUT2D eigenvalue weighted by atomic mass is 10.1. The van der Waals surface area contributed by atoms with Gasteiger partial charge in [0.2, 0.25) is 0 Å². The highest BCUT2D eigenvalue weighted by atomic mass is 32.1. The molecule has 0 saturated carbocycles. The van der Waals surface area contributed by atoms with Crippen LogP contribution in [-0.2, 0) is 0 Å². The van der Waals surface area contributed by atoms with E-state index < -0.39 is 0 Å². The minimum atomic E-state index is 0.792. The van der Waals surface area contributed by atoms with Gasteiger partial charge in [0.1, 0.15) is 4.64 Å². The predicted octanol–water partition coefficient (Wildman–Crippen LogP) is 2.64. The molecule has 2 nitrogen and oxygen atoms in total. The summed E-state index contributed by atoms with van der Waals surface area (Å²) in [6.07, 6.45) is 2.29. The zero-order valence-electron chi connectivity index (χ0n) is 7.63. The summed E-state index contributed by atoms with van der Waals surface area (Å²) in [7, 11) is 0. The van der Waals surface area contributed by atoms with Crippen LogP contribution in [0.2, 0.25) is 0 Å². The third kappa shape index (κ3) is 1.70. The van der Waals surface area contributed by atoms with Crippen molar-refractivity contribution < 1.29 is 0 Å². The van der Waals surface area contributed by atoms with Crippen molar-refractivity contribution in [1.82, 2.24) is 4.98 Å².